The van der Waals surface area contributed by atoms with Gasteiger partial charge in [0.25, 0.3) is 0 Å². The summed E-state index contributed by atoms with van der Waals surface area (Å²) < 4.78 is 2.01. The summed E-state index contributed by atoms with van der Waals surface area (Å²) in [5.74, 6) is 0.823. The van der Waals surface area contributed by atoms with Crippen molar-refractivity contribution in [3.63, 3.8) is 0 Å². The van der Waals surface area contributed by atoms with E-state index >= 15 is 0 Å². The van der Waals surface area contributed by atoms with E-state index in [2.05, 4.69) is 63.0 Å². The van der Waals surface area contributed by atoms with Crippen LogP contribution in [0.5, 0.6) is 0 Å². The third-order valence-corrected chi connectivity index (χ3v) is 5.38. The van der Waals surface area contributed by atoms with E-state index in [9.17, 15) is 0 Å². The van der Waals surface area contributed by atoms with Gasteiger partial charge < -0.3 is 0 Å². The zero-order valence-electron chi connectivity index (χ0n) is 18.1. The highest BCUT2D eigenvalue weighted by molar-refractivity contribution is 5.98. The minimum atomic E-state index is 0.411. The summed E-state index contributed by atoms with van der Waals surface area (Å²) in [4.78, 5) is 9.42. The highest BCUT2D eigenvalue weighted by Gasteiger charge is 2.14. The second-order valence-corrected chi connectivity index (χ2v) is 8.23. The standard InChI is InChI=1S/C26H28N4/c1-18(2)21-12-9-13-22(19(3)4)26(21)28-16-24-23-11-5-6-14-25(23)30(29-24)17-20-10-7-8-15-27-20/h5-16,18-19H,17H2,1-4H3. The summed E-state index contributed by atoms with van der Waals surface area (Å²) in [5.41, 5.74) is 6.58. The Hall–Kier alpha value is -3.27. The molecule has 4 rings (SSSR count). The van der Waals surface area contributed by atoms with Crippen molar-refractivity contribution in [3.8, 4) is 0 Å². The summed E-state index contributed by atoms with van der Waals surface area (Å²) in [6.07, 6.45) is 3.74. The van der Waals surface area contributed by atoms with Crippen LogP contribution in [0.1, 0.15) is 62.0 Å². The molecule has 0 fully saturated rings. The Morgan fingerprint density at radius 1 is 0.867 bits per heavy atom. The zero-order valence-corrected chi connectivity index (χ0v) is 18.1. The first-order chi connectivity index (χ1) is 14.5. The molecule has 30 heavy (non-hydrogen) atoms. The molecule has 0 amide bonds. The molecule has 152 valence electrons. The van der Waals surface area contributed by atoms with Gasteiger partial charge in [-0.1, -0.05) is 70.2 Å². The Balaban J connectivity index is 1.78. The van der Waals surface area contributed by atoms with Gasteiger partial charge in [-0.3, -0.25) is 14.7 Å². The van der Waals surface area contributed by atoms with Crippen molar-refractivity contribution in [1.82, 2.24) is 14.8 Å². The molecule has 0 aliphatic rings. The summed E-state index contributed by atoms with van der Waals surface area (Å²) >= 11 is 0. The van der Waals surface area contributed by atoms with Gasteiger partial charge in [0.15, 0.2) is 0 Å². The molecule has 0 spiro atoms. The van der Waals surface area contributed by atoms with Crippen LogP contribution in [-0.2, 0) is 6.54 Å². The smallest absolute Gasteiger partial charge is 0.111 e. The first kappa shape index (κ1) is 20.0. The molecular weight excluding hydrogens is 368 g/mol. The predicted octanol–water partition coefficient (Wildman–Crippen LogP) is 6.48. The van der Waals surface area contributed by atoms with Gasteiger partial charge in [-0.15, -0.1) is 0 Å². The van der Waals surface area contributed by atoms with E-state index in [1.165, 1.54) is 11.1 Å². The van der Waals surface area contributed by atoms with Crippen LogP contribution in [0.2, 0.25) is 0 Å². The second-order valence-electron chi connectivity index (χ2n) is 8.23. The second kappa shape index (κ2) is 8.62. The fourth-order valence-electron chi connectivity index (χ4n) is 3.80. The molecule has 0 aliphatic carbocycles. The number of fused-ring (bicyclic) bond motifs is 1. The van der Waals surface area contributed by atoms with E-state index in [0.717, 1.165) is 28.0 Å². The summed E-state index contributed by atoms with van der Waals surface area (Å²) in [5, 5.41) is 5.98. The van der Waals surface area contributed by atoms with Crippen molar-refractivity contribution in [3.05, 3.63) is 89.4 Å². The van der Waals surface area contributed by atoms with Crippen LogP contribution in [0.3, 0.4) is 0 Å². The number of hydrogen-bond acceptors (Lipinski definition) is 3. The number of nitrogens with zero attached hydrogens (tertiary/aromatic N) is 4. The van der Waals surface area contributed by atoms with E-state index in [0.29, 0.717) is 18.4 Å². The quantitative estimate of drug-likeness (QED) is 0.350. The lowest BCUT2D eigenvalue weighted by molar-refractivity contribution is 0.695. The Bertz CT molecular complexity index is 1140. The molecule has 4 heteroatoms. The van der Waals surface area contributed by atoms with Crippen LogP contribution in [0.4, 0.5) is 5.69 Å². The van der Waals surface area contributed by atoms with Crippen LogP contribution < -0.4 is 0 Å². The van der Waals surface area contributed by atoms with Crippen LogP contribution in [0.25, 0.3) is 10.9 Å². The monoisotopic (exact) mass is 396 g/mol. The number of benzene rings is 2. The minimum Gasteiger partial charge on any atom is -0.259 e. The lowest BCUT2D eigenvalue weighted by atomic mass is 9.93. The third kappa shape index (κ3) is 4.04. The topological polar surface area (TPSA) is 43.1 Å². The van der Waals surface area contributed by atoms with Crippen molar-refractivity contribution >= 4 is 22.8 Å². The number of aromatic nitrogens is 3. The fraction of sp³-hybridized carbons (Fsp3) is 0.269. The maximum Gasteiger partial charge on any atom is 0.111 e. The average molecular weight is 397 g/mol. The van der Waals surface area contributed by atoms with E-state index < -0.39 is 0 Å². The van der Waals surface area contributed by atoms with Gasteiger partial charge in [-0.2, -0.15) is 5.10 Å². The lowest BCUT2D eigenvalue weighted by Gasteiger charge is -2.16. The van der Waals surface area contributed by atoms with Crippen LogP contribution in [-0.4, -0.2) is 21.0 Å². The largest absolute Gasteiger partial charge is 0.259 e. The van der Waals surface area contributed by atoms with Gasteiger partial charge in [-0.05, 0) is 41.2 Å². The molecule has 2 heterocycles. The van der Waals surface area contributed by atoms with Gasteiger partial charge in [0, 0.05) is 11.6 Å². The van der Waals surface area contributed by atoms with Gasteiger partial charge in [0.05, 0.1) is 29.7 Å². The Morgan fingerprint density at radius 3 is 2.23 bits per heavy atom. The third-order valence-electron chi connectivity index (χ3n) is 5.38. The fourth-order valence-corrected chi connectivity index (χ4v) is 3.80. The highest BCUT2D eigenvalue weighted by atomic mass is 15.3. The summed E-state index contributed by atoms with van der Waals surface area (Å²) in [6.45, 7) is 9.50. The van der Waals surface area contributed by atoms with E-state index in [1.807, 2.05) is 47.4 Å². The SMILES string of the molecule is CC(C)c1cccc(C(C)C)c1N=Cc1nn(Cc2ccccn2)c2ccccc12. The average Bonchev–Trinajstić information content (AvgIpc) is 3.10. The van der Waals surface area contributed by atoms with Gasteiger partial charge in [-0.25, -0.2) is 0 Å². The molecule has 0 N–H and O–H groups in total. The molecule has 2 aromatic carbocycles. The molecule has 0 bridgehead atoms. The van der Waals surface area contributed by atoms with E-state index in [-0.39, 0.29) is 0 Å². The molecule has 0 saturated carbocycles. The maximum absolute atomic E-state index is 4.97. The van der Waals surface area contributed by atoms with Crippen molar-refractivity contribution in [1.29, 1.82) is 0 Å². The van der Waals surface area contributed by atoms with Gasteiger partial charge in [0.2, 0.25) is 0 Å². The van der Waals surface area contributed by atoms with Gasteiger partial charge in [0.1, 0.15) is 5.69 Å². The number of aliphatic imine (C=N–C) groups is 1. The van der Waals surface area contributed by atoms with E-state index in [1.54, 1.807) is 0 Å². The predicted molar refractivity (Wildman–Crippen MR) is 125 cm³/mol. The molecule has 2 aromatic heterocycles. The molecule has 0 radical (unpaired) electrons. The summed E-state index contributed by atoms with van der Waals surface area (Å²) in [7, 11) is 0. The molecule has 0 unspecified atom stereocenters. The minimum absolute atomic E-state index is 0.411. The lowest BCUT2D eigenvalue weighted by Crippen LogP contribution is -2.03. The van der Waals surface area contributed by atoms with E-state index in [4.69, 9.17) is 10.1 Å². The van der Waals surface area contributed by atoms with Crippen molar-refractivity contribution in [2.45, 2.75) is 46.1 Å². The number of para-hydroxylation sites is 2. The van der Waals surface area contributed by atoms with Crippen molar-refractivity contribution < 1.29 is 0 Å². The molecule has 0 atom stereocenters. The molecule has 0 saturated heterocycles. The van der Waals surface area contributed by atoms with Crippen LogP contribution >= 0.6 is 0 Å². The zero-order chi connectivity index (χ0) is 21.1. The Morgan fingerprint density at radius 2 is 1.57 bits per heavy atom. The maximum atomic E-state index is 4.97. The van der Waals surface area contributed by atoms with Crippen molar-refractivity contribution in [2.24, 2.45) is 4.99 Å². The first-order valence-electron chi connectivity index (χ1n) is 10.6. The Kier molecular flexibility index (Phi) is 5.75. The number of hydrogen-bond donors (Lipinski definition) is 0. The molecule has 4 nitrogen and oxygen atoms in total. The number of pyridine rings is 1. The molecule has 4 aromatic rings. The number of rotatable bonds is 6. The van der Waals surface area contributed by atoms with Crippen molar-refractivity contribution in [2.75, 3.05) is 0 Å². The molecular formula is C26H28N4. The normalized spacial score (nSPS) is 11.9. The molecule has 0 aliphatic heterocycles. The van der Waals surface area contributed by atoms with Crippen LogP contribution in [0.15, 0.2) is 71.9 Å². The van der Waals surface area contributed by atoms with Crippen LogP contribution in [0, 0.1) is 0 Å². The Labute approximate surface area is 178 Å². The van der Waals surface area contributed by atoms with Gasteiger partial charge >= 0.3 is 0 Å². The highest BCUT2D eigenvalue weighted by Crippen LogP contribution is 2.34. The first-order valence-corrected chi connectivity index (χ1v) is 10.6. The summed E-state index contributed by atoms with van der Waals surface area (Å²) in [6, 6.07) is 20.8.